The molecule has 1 aromatic heterocycles. The van der Waals surface area contributed by atoms with E-state index < -0.39 is 22.9 Å². The van der Waals surface area contributed by atoms with E-state index in [1.54, 1.807) is 13.0 Å². The number of aliphatic hydroxyl groups excluding tert-OH is 1. The number of nitrogens with zero attached hydrogens (tertiary/aromatic N) is 3. The number of amides is 2. The molecular weight excluding hydrogens is 494 g/mol. The molecule has 1 unspecified atom stereocenters. The number of urea groups is 1. The van der Waals surface area contributed by atoms with Gasteiger partial charge >= 0.3 is 12.2 Å². The molecule has 0 fully saturated rings. The van der Waals surface area contributed by atoms with E-state index in [4.69, 9.17) is 0 Å². The Morgan fingerprint density at radius 3 is 2.61 bits per heavy atom. The Labute approximate surface area is 211 Å². The molecule has 0 radical (unpaired) electrons. The fourth-order valence-electron chi connectivity index (χ4n) is 4.46. The molecule has 2 aliphatic heterocycles. The maximum atomic E-state index is 13.6. The van der Waals surface area contributed by atoms with Gasteiger partial charge in [-0.15, -0.1) is 11.3 Å². The van der Waals surface area contributed by atoms with Crippen LogP contribution in [-0.4, -0.2) is 39.9 Å². The van der Waals surface area contributed by atoms with Crippen molar-refractivity contribution in [2.45, 2.75) is 46.0 Å². The van der Waals surface area contributed by atoms with Crippen LogP contribution in [0.4, 0.5) is 22.4 Å². The Balaban J connectivity index is 1.54. The Hall–Kier alpha value is -2.98. The first kappa shape index (κ1) is 26.1. The molecule has 0 saturated carbocycles. The minimum absolute atomic E-state index is 0.0195. The molecule has 0 bridgehead atoms. The van der Waals surface area contributed by atoms with E-state index in [0.29, 0.717) is 59.2 Å². The van der Waals surface area contributed by atoms with E-state index in [9.17, 15) is 27.5 Å². The molecule has 5 nitrogen and oxygen atoms in total. The van der Waals surface area contributed by atoms with Crippen LogP contribution in [0.25, 0.3) is 5.57 Å². The number of thiophene rings is 1. The fraction of sp³-hybridized carbons (Fsp3) is 0.385. The smallest absolute Gasteiger partial charge is 0.392 e. The summed E-state index contributed by atoms with van der Waals surface area (Å²) in [5, 5.41) is 9.62. The highest BCUT2D eigenvalue weighted by Gasteiger charge is 2.33. The van der Waals surface area contributed by atoms with Gasteiger partial charge in [0, 0.05) is 29.6 Å². The molecule has 0 aliphatic carbocycles. The first-order valence-corrected chi connectivity index (χ1v) is 12.4. The molecule has 1 aromatic carbocycles. The van der Waals surface area contributed by atoms with Crippen LogP contribution < -0.4 is 0 Å². The lowest BCUT2D eigenvalue weighted by molar-refractivity contribution is -0.134. The number of aliphatic hydroxyl groups is 1. The van der Waals surface area contributed by atoms with Crippen molar-refractivity contribution in [2.24, 2.45) is 10.9 Å². The first-order chi connectivity index (χ1) is 17.1. The molecule has 2 aromatic rings. The number of alkyl halides is 3. The van der Waals surface area contributed by atoms with Crippen LogP contribution in [0.5, 0.6) is 0 Å². The van der Waals surface area contributed by atoms with Crippen molar-refractivity contribution in [2.75, 3.05) is 13.1 Å². The van der Waals surface area contributed by atoms with Gasteiger partial charge in [-0.2, -0.15) is 18.2 Å². The van der Waals surface area contributed by atoms with Crippen LogP contribution in [0.3, 0.4) is 0 Å². The Bertz CT molecular complexity index is 1230. The van der Waals surface area contributed by atoms with Gasteiger partial charge in [0.05, 0.1) is 13.2 Å². The van der Waals surface area contributed by atoms with Crippen molar-refractivity contribution in [3.8, 4) is 0 Å². The SMILES string of the molecule is CC1=CCC(C)C(N2CC=C(c3ccc(F)cc3CO)CC2)=NC(=O)N1Cc1ccc(C(F)(F)F)s1. The van der Waals surface area contributed by atoms with Gasteiger partial charge in [0.2, 0.25) is 0 Å². The Kier molecular flexibility index (Phi) is 7.65. The number of benzene rings is 1. The topological polar surface area (TPSA) is 56.1 Å². The zero-order valence-corrected chi connectivity index (χ0v) is 20.8. The van der Waals surface area contributed by atoms with Gasteiger partial charge in [-0.1, -0.05) is 25.1 Å². The zero-order valence-electron chi connectivity index (χ0n) is 20.0. The van der Waals surface area contributed by atoms with Gasteiger partial charge in [-0.3, -0.25) is 4.90 Å². The highest BCUT2D eigenvalue weighted by Crippen LogP contribution is 2.35. The largest absolute Gasteiger partial charge is 0.425 e. The number of allylic oxidation sites excluding steroid dienone is 2. The highest BCUT2D eigenvalue weighted by atomic mass is 32.1. The molecule has 10 heteroatoms. The molecule has 2 aliphatic rings. The second kappa shape index (κ2) is 10.6. The van der Waals surface area contributed by atoms with Crippen molar-refractivity contribution in [3.63, 3.8) is 0 Å². The van der Waals surface area contributed by atoms with Gasteiger partial charge < -0.3 is 10.0 Å². The summed E-state index contributed by atoms with van der Waals surface area (Å²) < 4.78 is 52.6. The van der Waals surface area contributed by atoms with Crippen LogP contribution in [0.2, 0.25) is 0 Å². The number of hydrogen-bond acceptors (Lipinski definition) is 4. The summed E-state index contributed by atoms with van der Waals surface area (Å²) >= 11 is 0.627. The van der Waals surface area contributed by atoms with Gasteiger partial charge in [0.1, 0.15) is 16.5 Å². The van der Waals surface area contributed by atoms with E-state index in [-0.39, 0.29) is 19.1 Å². The average molecular weight is 522 g/mol. The summed E-state index contributed by atoms with van der Waals surface area (Å²) in [7, 11) is 0. The third-order valence-electron chi connectivity index (χ3n) is 6.45. The molecule has 3 heterocycles. The number of halogens is 4. The third-order valence-corrected chi connectivity index (χ3v) is 7.56. The molecule has 2 amide bonds. The molecule has 36 heavy (non-hydrogen) atoms. The lowest BCUT2D eigenvalue weighted by Gasteiger charge is -2.34. The zero-order chi connectivity index (χ0) is 26.0. The molecular formula is C26H27F4N3O2S. The van der Waals surface area contributed by atoms with Crippen LogP contribution in [0.15, 0.2) is 53.2 Å². The standard InChI is InChI=1S/C26H27F4N3O2S/c1-16-3-4-17(2)33(14-21-6-8-23(36-21)26(28,29)30)25(35)31-24(16)32-11-9-18(10-12-32)22-7-5-20(27)13-19(22)15-34/h4-9,13,16,34H,3,10-12,14-15H2,1-2H3. The Morgan fingerprint density at radius 1 is 1.19 bits per heavy atom. The molecule has 192 valence electrons. The van der Waals surface area contributed by atoms with Gasteiger partial charge in [0.25, 0.3) is 0 Å². The number of amidine groups is 1. The average Bonchev–Trinajstić information content (AvgIpc) is 3.33. The number of carbonyl (C=O) groups excluding carboxylic acids is 1. The summed E-state index contributed by atoms with van der Waals surface area (Å²) in [5.41, 5.74) is 2.99. The summed E-state index contributed by atoms with van der Waals surface area (Å²) in [5.74, 6) is 0.202. The number of aliphatic imine (C=N–C) groups is 1. The predicted octanol–water partition coefficient (Wildman–Crippen LogP) is 6.45. The summed E-state index contributed by atoms with van der Waals surface area (Å²) in [6.07, 6.45) is 0.768. The Morgan fingerprint density at radius 2 is 1.97 bits per heavy atom. The molecule has 4 rings (SSSR count). The normalized spacial score (nSPS) is 19.5. The molecule has 1 atom stereocenters. The van der Waals surface area contributed by atoms with Crippen molar-refractivity contribution < 1.29 is 27.5 Å². The first-order valence-electron chi connectivity index (χ1n) is 11.6. The minimum Gasteiger partial charge on any atom is -0.392 e. The monoisotopic (exact) mass is 521 g/mol. The maximum absolute atomic E-state index is 13.6. The summed E-state index contributed by atoms with van der Waals surface area (Å²) in [6, 6.07) is 6.29. The summed E-state index contributed by atoms with van der Waals surface area (Å²) in [4.78, 5) is 20.7. The van der Waals surface area contributed by atoms with Crippen LogP contribution in [0, 0.1) is 11.7 Å². The minimum atomic E-state index is -4.42. The van der Waals surface area contributed by atoms with Crippen LogP contribution in [-0.2, 0) is 19.3 Å². The van der Waals surface area contributed by atoms with Crippen molar-refractivity contribution in [3.05, 3.63) is 74.9 Å². The molecule has 0 spiro atoms. The highest BCUT2D eigenvalue weighted by molar-refractivity contribution is 7.12. The number of carbonyl (C=O) groups is 1. The lowest BCUT2D eigenvalue weighted by atomic mass is 9.94. The predicted molar refractivity (Wildman–Crippen MR) is 132 cm³/mol. The van der Waals surface area contributed by atoms with Crippen molar-refractivity contribution >= 4 is 28.8 Å². The van der Waals surface area contributed by atoms with Crippen LogP contribution >= 0.6 is 11.3 Å². The molecule has 1 N–H and O–H groups in total. The van der Waals surface area contributed by atoms with Crippen LogP contribution in [0.1, 0.15) is 47.6 Å². The van der Waals surface area contributed by atoms with Crippen molar-refractivity contribution in [1.82, 2.24) is 9.80 Å². The van der Waals surface area contributed by atoms with E-state index in [1.807, 2.05) is 24.0 Å². The van der Waals surface area contributed by atoms with Gasteiger partial charge in [-0.05, 0) is 60.7 Å². The van der Waals surface area contributed by atoms with Gasteiger partial charge in [0.15, 0.2) is 0 Å². The van der Waals surface area contributed by atoms with Crippen molar-refractivity contribution in [1.29, 1.82) is 0 Å². The van der Waals surface area contributed by atoms with E-state index in [0.717, 1.165) is 17.2 Å². The van der Waals surface area contributed by atoms with E-state index in [1.165, 1.54) is 23.1 Å². The maximum Gasteiger partial charge on any atom is 0.425 e. The molecule has 0 saturated heterocycles. The van der Waals surface area contributed by atoms with Gasteiger partial charge in [-0.25, -0.2) is 9.18 Å². The number of hydrogen-bond donors (Lipinski definition) is 1. The van der Waals surface area contributed by atoms with E-state index >= 15 is 0 Å². The number of rotatable bonds is 4. The second-order valence-corrected chi connectivity index (χ2v) is 10.1. The summed E-state index contributed by atoms with van der Waals surface area (Å²) in [6.45, 7) is 4.60. The second-order valence-electron chi connectivity index (χ2n) is 8.97. The lowest BCUT2D eigenvalue weighted by Crippen LogP contribution is -2.41. The van der Waals surface area contributed by atoms with E-state index in [2.05, 4.69) is 4.99 Å². The quantitative estimate of drug-likeness (QED) is 0.471. The fourth-order valence-corrected chi connectivity index (χ4v) is 5.32. The third kappa shape index (κ3) is 5.70.